The van der Waals surface area contributed by atoms with Crippen LogP contribution in [0.3, 0.4) is 0 Å². The molecular weight excluding hydrogens is 159 g/mol. The summed E-state index contributed by atoms with van der Waals surface area (Å²) in [6.07, 6.45) is 0. The average Bonchev–Trinajstić information content (AvgIpc) is 2.10. The second-order valence-corrected chi connectivity index (χ2v) is 2.37. The van der Waals surface area contributed by atoms with Gasteiger partial charge in [0.1, 0.15) is 0 Å². The van der Waals surface area contributed by atoms with Crippen molar-refractivity contribution < 1.29 is 0 Å². The molecule has 0 fully saturated rings. The lowest BCUT2D eigenvalue weighted by Crippen LogP contribution is -1.94. The van der Waals surface area contributed by atoms with Crippen molar-refractivity contribution in [1.82, 2.24) is 9.78 Å². The summed E-state index contributed by atoms with van der Waals surface area (Å²) >= 11 is 11.1. The highest BCUT2D eigenvalue weighted by atomic mass is 35.5. The lowest BCUT2D eigenvalue weighted by molar-refractivity contribution is 0.735. The molecule has 0 aliphatic carbocycles. The number of alkyl halides is 1. The first-order valence-corrected chi connectivity index (χ1v) is 3.39. The third kappa shape index (κ3) is 1.37. The van der Waals surface area contributed by atoms with Gasteiger partial charge in [-0.05, 0) is 6.07 Å². The van der Waals surface area contributed by atoms with Crippen LogP contribution in [0.15, 0.2) is 6.07 Å². The van der Waals surface area contributed by atoms with E-state index in [-0.39, 0.29) is 0 Å². The molecular formula is C5H6Cl2N2. The molecule has 0 saturated heterocycles. The first-order chi connectivity index (χ1) is 4.24. The van der Waals surface area contributed by atoms with Gasteiger partial charge in [-0.3, -0.25) is 4.68 Å². The number of hydrogen-bond acceptors (Lipinski definition) is 1. The van der Waals surface area contributed by atoms with Crippen LogP contribution in [-0.2, 0) is 12.9 Å². The maximum Gasteiger partial charge on any atom is 0.151 e. The Bertz CT molecular complexity index is 207. The van der Waals surface area contributed by atoms with Crippen molar-refractivity contribution in [2.45, 2.75) is 5.88 Å². The molecule has 0 aliphatic heterocycles. The molecule has 2 nitrogen and oxygen atoms in total. The van der Waals surface area contributed by atoms with Gasteiger partial charge < -0.3 is 0 Å². The minimum atomic E-state index is 0.455. The minimum absolute atomic E-state index is 0.455. The smallest absolute Gasteiger partial charge is 0.151 e. The van der Waals surface area contributed by atoms with Gasteiger partial charge in [0.25, 0.3) is 0 Å². The highest BCUT2D eigenvalue weighted by Crippen LogP contribution is 2.09. The van der Waals surface area contributed by atoms with E-state index >= 15 is 0 Å². The van der Waals surface area contributed by atoms with Crippen LogP contribution in [0, 0.1) is 0 Å². The quantitative estimate of drug-likeness (QED) is 0.580. The van der Waals surface area contributed by atoms with E-state index in [0.717, 1.165) is 5.69 Å². The Morgan fingerprint density at radius 3 is 2.67 bits per heavy atom. The molecule has 1 aromatic rings. The molecule has 0 amide bonds. The Morgan fingerprint density at radius 1 is 1.78 bits per heavy atom. The summed E-state index contributed by atoms with van der Waals surface area (Å²) in [7, 11) is 1.81. The second-order valence-electron chi connectivity index (χ2n) is 1.72. The Kier molecular flexibility index (Phi) is 1.98. The van der Waals surface area contributed by atoms with Gasteiger partial charge in [0.2, 0.25) is 0 Å². The summed E-state index contributed by atoms with van der Waals surface area (Å²) in [6.45, 7) is 0. The highest BCUT2D eigenvalue weighted by Gasteiger charge is 1.98. The van der Waals surface area contributed by atoms with Gasteiger partial charge in [-0.2, -0.15) is 5.10 Å². The van der Waals surface area contributed by atoms with Crippen molar-refractivity contribution in [2.24, 2.45) is 7.05 Å². The lowest BCUT2D eigenvalue weighted by Gasteiger charge is -1.91. The van der Waals surface area contributed by atoms with Crippen LogP contribution in [0.5, 0.6) is 0 Å². The van der Waals surface area contributed by atoms with Gasteiger partial charge in [-0.15, -0.1) is 11.6 Å². The summed E-state index contributed by atoms with van der Waals surface area (Å²) in [5.41, 5.74) is 0.932. The van der Waals surface area contributed by atoms with Crippen LogP contribution >= 0.6 is 23.2 Å². The van der Waals surface area contributed by atoms with Crippen LogP contribution < -0.4 is 0 Å². The summed E-state index contributed by atoms with van der Waals surface area (Å²) in [4.78, 5) is 0. The van der Waals surface area contributed by atoms with Crippen molar-refractivity contribution in [3.05, 3.63) is 16.9 Å². The molecule has 4 heteroatoms. The van der Waals surface area contributed by atoms with Crippen LogP contribution in [-0.4, -0.2) is 9.78 Å². The Morgan fingerprint density at radius 2 is 2.44 bits per heavy atom. The molecule has 0 bridgehead atoms. The van der Waals surface area contributed by atoms with Crippen molar-refractivity contribution in [1.29, 1.82) is 0 Å². The zero-order valence-electron chi connectivity index (χ0n) is 4.93. The second kappa shape index (κ2) is 2.58. The molecule has 1 rings (SSSR count). The molecule has 0 aliphatic rings. The fourth-order valence-electron chi connectivity index (χ4n) is 0.592. The van der Waals surface area contributed by atoms with E-state index < -0.39 is 0 Å². The topological polar surface area (TPSA) is 17.8 Å². The highest BCUT2D eigenvalue weighted by molar-refractivity contribution is 6.29. The van der Waals surface area contributed by atoms with Gasteiger partial charge in [0.15, 0.2) is 5.15 Å². The van der Waals surface area contributed by atoms with E-state index in [4.69, 9.17) is 23.2 Å². The molecule has 0 saturated carbocycles. The first-order valence-electron chi connectivity index (χ1n) is 2.48. The predicted molar refractivity (Wildman–Crippen MR) is 37.8 cm³/mol. The van der Waals surface area contributed by atoms with Crippen LogP contribution in [0.1, 0.15) is 5.69 Å². The maximum atomic E-state index is 5.55. The molecule has 50 valence electrons. The van der Waals surface area contributed by atoms with Gasteiger partial charge in [0.05, 0.1) is 11.6 Å². The van der Waals surface area contributed by atoms with Crippen LogP contribution in [0.4, 0.5) is 0 Å². The summed E-state index contributed by atoms with van der Waals surface area (Å²) in [5.74, 6) is 0.455. The Hall–Kier alpha value is -0.210. The van der Waals surface area contributed by atoms with Crippen molar-refractivity contribution >= 4 is 23.2 Å². The number of halogens is 2. The Balaban J connectivity index is 3.01. The van der Waals surface area contributed by atoms with Crippen molar-refractivity contribution in [3.8, 4) is 0 Å². The third-order valence-corrected chi connectivity index (χ3v) is 1.54. The van der Waals surface area contributed by atoms with Gasteiger partial charge >= 0.3 is 0 Å². The third-order valence-electron chi connectivity index (χ3n) is 1.08. The number of nitrogens with zero attached hydrogens (tertiary/aromatic N) is 2. The molecule has 9 heavy (non-hydrogen) atoms. The molecule has 1 heterocycles. The molecule has 1 aromatic heterocycles. The van der Waals surface area contributed by atoms with Crippen molar-refractivity contribution in [2.75, 3.05) is 0 Å². The summed E-state index contributed by atoms with van der Waals surface area (Å²) in [6, 6.07) is 1.74. The van der Waals surface area contributed by atoms with E-state index in [0.29, 0.717) is 11.0 Å². The molecule has 0 aromatic carbocycles. The first kappa shape index (κ1) is 6.90. The van der Waals surface area contributed by atoms with Crippen LogP contribution in [0.25, 0.3) is 0 Å². The van der Waals surface area contributed by atoms with E-state index in [1.807, 2.05) is 7.05 Å². The monoisotopic (exact) mass is 164 g/mol. The molecule has 0 radical (unpaired) electrons. The number of aryl methyl sites for hydroxylation is 1. The minimum Gasteiger partial charge on any atom is -0.270 e. The number of hydrogen-bond donors (Lipinski definition) is 0. The molecule has 0 spiro atoms. The average molecular weight is 165 g/mol. The van der Waals surface area contributed by atoms with Gasteiger partial charge in [-0.25, -0.2) is 0 Å². The van der Waals surface area contributed by atoms with Gasteiger partial charge in [0, 0.05) is 7.05 Å². The summed E-state index contributed by atoms with van der Waals surface area (Å²) in [5, 5.41) is 4.37. The molecule has 0 atom stereocenters. The SMILES string of the molecule is Cn1nc(Cl)cc1CCl. The number of rotatable bonds is 1. The summed E-state index contributed by atoms with van der Waals surface area (Å²) < 4.78 is 1.66. The normalized spacial score (nSPS) is 10.1. The fraction of sp³-hybridized carbons (Fsp3) is 0.400. The zero-order valence-corrected chi connectivity index (χ0v) is 6.45. The predicted octanol–water partition coefficient (Wildman–Crippen LogP) is 1.81. The maximum absolute atomic E-state index is 5.55. The number of aromatic nitrogens is 2. The lowest BCUT2D eigenvalue weighted by atomic mass is 10.5. The largest absolute Gasteiger partial charge is 0.270 e. The fourth-order valence-corrected chi connectivity index (χ4v) is 1.08. The van der Waals surface area contributed by atoms with Gasteiger partial charge in [-0.1, -0.05) is 11.6 Å². The Labute approximate surface area is 63.4 Å². The van der Waals surface area contributed by atoms with E-state index in [1.165, 1.54) is 0 Å². The van der Waals surface area contributed by atoms with Crippen molar-refractivity contribution in [3.63, 3.8) is 0 Å². The van der Waals surface area contributed by atoms with Crippen LogP contribution in [0.2, 0.25) is 5.15 Å². The van der Waals surface area contributed by atoms with E-state index in [2.05, 4.69) is 5.10 Å². The zero-order chi connectivity index (χ0) is 6.85. The molecule has 0 N–H and O–H groups in total. The van der Waals surface area contributed by atoms with E-state index in [1.54, 1.807) is 10.7 Å². The molecule has 0 unspecified atom stereocenters. The standard InChI is InChI=1S/C5H6Cl2N2/c1-9-4(3-6)2-5(7)8-9/h2H,3H2,1H3. The van der Waals surface area contributed by atoms with E-state index in [9.17, 15) is 0 Å².